The summed E-state index contributed by atoms with van der Waals surface area (Å²) in [6.07, 6.45) is -44.7. The van der Waals surface area contributed by atoms with E-state index in [0.29, 0.717) is 38.5 Å². The number of ether oxygens (including phenoxy) is 12. The molecule has 6 aliphatic rings. The van der Waals surface area contributed by atoms with Gasteiger partial charge in [-0.25, -0.2) is 0 Å². The average molecular weight is 1200 g/mol. The minimum atomic E-state index is -2.08. The molecule has 0 aliphatic carbocycles. The Labute approximate surface area is 474 Å². The Kier molecular flexibility index (Phi) is 27.1. The van der Waals surface area contributed by atoms with E-state index in [4.69, 9.17) is 61.9 Å². The van der Waals surface area contributed by atoms with E-state index in [-0.39, 0.29) is 6.42 Å². The first kappa shape index (κ1) is 69.5. The van der Waals surface area contributed by atoms with Crippen molar-refractivity contribution < 1.29 is 148 Å². The van der Waals surface area contributed by atoms with Crippen LogP contribution in [0.5, 0.6) is 0 Å². The lowest BCUT2D eigenvalue weighted by Crippen LogP contribution is -2.67. The highest BCUT2D eigenvalue weighted by atomic mass is 16.8. The maximum Gasteiger partial charge on any atom is 0.305 e. The summed E-state index contributed by atoms with van der Waals surface area (Å²) in [7, 11) is 0. The van der Waals surface area contributed by atoms with Crippen molar-refractivity contribution >= 4 is 5.97 Å². The van der Waals surface area contributed by atoms with Crippen molar-refractivity contribution in [2.75, 3.05) is 13.2 Å². The molecule has 17 N–H and O–H groups in total. The maximum absolute atomic E-state index is 12.0. The minimum Gasteiger partial charge on any atom is -0.481 e. The van der Waals surface area contributed by atoms with Gasteiger partial charge in [0.05, 0.1) is 56.3 Å². The molecule has 82 heavy (non-hydrogen) atoms. The highest BCUT2D eigenvalue weighted by Crippen LogP contribution is 2.37. The van der Waals surface area contributed by atoms with E-state index < -0.39 is 216 Å². The molecule has 6 heterocycles. The predicted octanol–water partition coefficient (Wildman–Crippen LogP) is -5.45. The number of carboxylic acid groups (broad SMARTS) is 1. The first-order valence-corrected chi connectivity index (χ1v) is 28.6. The van der Waals surface area contributed by atoms with E-state index in [0.717, 1.165) is 32.1 Å². The quantitative estimate of drug-likeness (QED) is 0.0325. The van der Waals surface area contributed by atoms with Gasteiger partial charge >= 0.3 is 5.97 Å². The number of carboxylic acids is 1. The van der Waals surface area contributed by atoms with Gasteiger partial charge in [-0.1, -0.05) is 58.3 Å². The van der Waals surface area contributed by atoms with Crippen LogP contribution in [0.1, 0.15) is 112 Å². The van der Waals surface area contributed by atoms with Crippen molar-refractivity contribution in [3.05, 3.63) is 0 Å². The molecule has 6 fully saturated rings. The first-order chi connectivity index (χ1) is 38.8. The van der Waals surface area contributed by atoms with Gasteiger partial charge in [0.1, 0.15) is 122 Å². The zero-order chi connectivity index (χ0) is 60.4. The summed E-state index contributed by atoms with van der Waals surface area (Å²) in [5.74, 6) is -1.09. The number of carbonyl (C=O) groups is 1. The molecule has 0 bridgehead atoms. The van der Waals surface area contributed by atoms with Gasteiger partial charge in [-0.3, -0.25) is 4.79 Å². The second kappa shape index (κ2) is 32.0. The van der Waals surface area contributed by atoms with Gasteiger partial charge in [-0.15, -0.1) is 0 Å². The zero-order valence-electron chi connectivity index (χ0n) is 46.8. The highest BCUT2D eigenvalue weighted by molar-refractivity contribution is 5.67. The normalized spacial score (nSPS) is 46.5. The fourth-order valence-electron chi connectivity index (χ4n) is 10.9. The molecule has 6 aliphatic heterocycles. The van der Waals surface area contributed by atoms with Gasteiger partial charge in [0.2, 0.25) is 0 Å². The summed E-state index contributed by atoms with van der Waals surface area (Å²) in [4.78, 5) is 11.0. The maximum atomic E-state index is 12.0. The van der Waals surface area contributed by atoms with Crippen molar-refractivity contribution in [1.82, 2.24) is 0 Å². The van der Waals surface area contributed by atoms with Crippen LogP contribution in [0.4, 0.5) is 0 Å². The number of aliphatic carboxylic acids is 1. The van der Waals surface area contributed by atoms with Crippen LogP contribution in [0.2, 0.25) is 0 Å². The van der Waals surface area contributed by atoms with Crippen molar-refractivity contribution in [1.29, 1.82) is 0 Å². The number of hydrogen-bond acceptors (Lipinski definition) is 29. The minimum absolute atomic E-state index is 0.331. The van der Waals surface area contributed by atoms with Crippen molar-refractivity contribution in [3.63, 3.8) is 0 Å². The molecule has 32 unspecified atom stereocenters. The molecule has 0 amide bonds. The van der Waals surface area contributed by atoms with E-state index in [9.17, 15) is 86.5 Å². The molecule has 0 aromatic carbocycles. The smallest absolute Gasteiger partial charge is 0.305 e. The van der Waals surface area contributed by atoms with Gasteiger partial charge in [-0.05, 0) is 47.0 Å². The number of aliphatic hydroxyl groups is 16. The zero-order valence-corrected chi connectivity index (χ0v) is 46.8. The summed E-state index contributed by atoms with van der Waals surface area (Å²) in [6, 6.07) is 0. The number of aliphatic hydroxyl groups excluding tert-OH is 16. The monoisotopic (exact) mass is 1200 g/mol. The van der Waals surface area contributed by atoms with Crippen LogP contribution in [-0.2, 0) is 61.6 Å². The number of hydrogen-bond donors (Lipinski definition) is 17. The third kappa shape index (κ3) is 17.4. The Morgan fingerprint density at radius 2 is 0.841 bits per heavy atom. The van der Waals surface area contributed by atoms with Crippen LogP contribution in [0.15, 0.2) is 0 Å². The van der Waals surface area contributed by atoms with Crippen molar-refractivity contribution in [2.45, 2.75) is 308 Å². The Morgan fingerprint density at radius 3 is 1.43 bits per heavy atom. The van der Waals surface area contributed by atoms with E-state index in [1.54, 1.807) is 0 Å². The molecule has 0 aromatic heterocycles. The summed E-state index contributed by atoms with van der Waals surface area (Å²) < 4.78 is 71.5. The van der Waals surface area contributed by atoms with Crippen LogP contribution in [-0.4, -0.2) is 302 Å². The summed E-state index contributed by atoms with van der Waals surface area (Å²) in [5.41, 5.74) is 0. The lowest BCUT2D eigenvalue weighted by atomic mass is 9.95. The number of unbranched alkanes of at least 4 members (excludes halogenated alkanes) is 6. The van der Waals surface area contributed by atoms with Crippen LogP contribution in [0.3, 0.4) is 0 Å². The van der Waals surface area contributed by atoms with Gasteiger partial charge in [-0.2, -0.15) is 0 Å². The Morgan fingerprint density at radius 1 is 0.415 bits per heavy atom. The molecule has 6 rings (SSSR count). The summed E-state index contributed by atoms with van der Waals surface area (Å²) >= 11 is 0. The highest BCUT2D eigenvalue weighted by Gasteiger charge is 2.57. The molecule has 0 aromatic rings. The standard InChI is InChI=1S/C52H92O30/c1-6-7-11-15-25(16-13-10-8-9-12-14-24(54)17-28(55)56)76-51-45(37(65)33(61)27(78-51)19-71-47-39(67)34(62)29(57)20(2)72-47)82-52-46(36(64)32(60)26(18-53)77-52)81-49-41(69)38(66)43(23(5)75-49)79-50-42(70)44(31(59)22(4)74-50)80-48-40(68)35(63)30(58)21(3)73-48/h20-27,29-54,57-70H,6-19H2,1-5H3,(H,55,56). The Balaban J connectivity index is 1.19. The molecule has 480 valence electrons. The van der Waals surface area contributed by atoms with Crippen LogP contribution in [0, 0.1) is 0 Å². The van der Waals surface area contributed by atoms with Crippen molar-refractivity contribution in [3.8, 4) is 0 Å². The van der Waals surface area contributed by atoms with Crippen LogP contribution >= 0.6 is 0 Å². The van der Waals surface area contributed by atoms with Crippen molar-refractivity contribution in [2.24, 2.45) is 0 Å². The summed E-state index contributed by atoms with van der Waals surface area (Å²) in [5, 5.41) is 184. The van der Waals surface area contributed by atoms with E-state index in [1.165, 1.54) is 27.7 Å². The third-order valence-corrected chi connectivity index (χ3v) is 16.2. The fourth-order valence-corrected chi connectivity index (χ4v) is 10.9. The molecule has 0 radical (unpaired) electrons. The van der Waals surface area contributed by atoms with Gasteiger partial charge < -0.3 is 144 Å². The molecular formula is C52H92O30. The lowest BCUT2D eigenvalue weighted by Gasteiger charge is -2.50. The van der Waals surface area contributed by atoms with Gasteiger partial charge in [0, 0.05) is 0 Å². The third-order valence-electron chi connectivity index (χ3n) is 16.2. The summed E-state index contributed by atoms with van der Waals surface area (Å²) in [6.45, 7) is 6.12. The molecule has 0 spiro atoms. The Hall–Kier alpha value is -1.65. The SMILES string of the molecule is CCCCCC(CCCCCCCC(O)CC(=O)O)OC1OC(COC2OC(C)C(O)C(O)C2O)C(O)C(O)C1OC1OC(CO)C(O)C(O)C1OC1OC(C)C(OC2OC(C)C(O)C(OC3OC(C)C(O)C(O)C3O)C2O)C(O)C1O. The van der Waals surface area contributed by atoms with E-state index in [1.807, 2.05) is 6.92 Å². The predicted molar refractivity (Wildman–Crippen MR) is 271 cm³/mol. The molecule has 32 atom stereocenters. The number of rotatable bonds is 28. The Bertz CT molecular complexity index is 1870. The average Bonchev–Trinajstić information content (AvgIpc) is 3.64. The van der Waals surface area contributed by atoms with Crippen LogP contribution in [0.25, 0.3) is 0 Å². The molecule has 30 heteroatoms. The molecule has 30 nitrogen and oxygen atoms in total. The topological polar surface area (TPSA) is 472 Å². The van der Waals surface area contributed by atoms with Crippen LogP contribution < -0.4 is 0 Å². The molecular weight excluding hydrogens is 1100 g/mol. The second-order valence-corrected chi connectivity index (χ2v) is 22.6. The van der Waals surface area contributed by atoms with Gasteiger partial charge in [0.15, 0.2) is 37.7 Å². The molecule has 0 saturated carbocycles. The lowest BCUT2D eigenvalue weighted by molar-refractivity contribution is -0.402. The first-order valence-electron chi connectivity index (χ1n) is 28.6. The van der Waals surface area contributed by atoms with E-state index >= 15 is 0 Å². The van der Waals surface area contributed by atoms with Gasteiger partial charge in [0.25, 0.3) is 0 Å². The fraction of sp³-hybridized carbons (Fsp3) is 0.981. The molecule has 6 saturated heterocycles. The van der Waals surface area contributed by atoms with E-state index in [2.05, 4.69) is 0 Å². The largest absolute Gasteiger partial charge is 0.481 e. The second-order valence-electron chi connectivity index (χ2n) is 22.6.